The van der Waals surface area contributed by atoms with E-state index in [2.05, 4.69) is 4.98 Å². The van der Waals surface area contributed by atoms with Gasteiger partial charge in [-0.25, -0.2) is 9.78 Å². The SMILES string of the molecule is CC(C)Oc1cccc(C(=O)N2CCCC[C@@H]2C(=O)O)n1. The molecule has 1 atom stereocenters. The number of carboxylic acid groups (broad SMARTS) is 1. The van der Waals surface area contributed by atoms with E-state index in [1.807, 2.05) is 13.8 Å². The van der Waals surface area contributed by atoms with Gasteiger partial charge in [0.2, 0.25) is 5.88 Å². The van der Waals surface area contributed by atoms with E-state index in [0.717, 1.165) is 12.8 Å². The van der Waals surface area contributed by atoms with Crippen LogP contribution in [0.15, 0.2) is 18.2 Å². The number of ether oxygens (including phenoxy) is 1. The van der Waals surface area contributed by atoms with Crippen molar-refractivity contribution in [3.05, 3.63) is 23.9 Å². The first-order valence-corrected chi connectivity index (χ1v) is 7.16. The van der Waals surface area contributed by atoms with Gasteiger partial charge in [-0.15, -0.1) is 0 Å². The molecule has 0 spiro atoms. The summed E-state index contributed by atoms with van der Waals surface area (Å²) in [5, 5.41) is 9.24. The van der Waals surface area contributed by atoms with Crippen LogP contribution >= 0.6 is 0 Å². The Hall–Kier alpha value is -2.11. The van der Waals surface area contributed by atoms with E-state index in [1.54, 1.807) is 18.2 Å². The van der Waals surface area contributed by atoms with Crippen molar-refractivity contribution >= 4 is 11.9 Å². The predicted octanol–water partition coefficient (Wildman–Crippen LogP) is 1.95. The average Bonchev–Trinajstić information content (AvgIpc) is 2.46. The number of piperidine rings is 1. The number of pyridine rings is 1. The molecule has 1 aliphatic rings. The third-order valence-corrected chi connectivity index (χ3v) is 3.35. The molecule has 0 aliphatic carbocycles. The number of nitrogens with zero attached hydrogens (tertiary/aromatic N) is 2. The Bertz CT molecular complexity index is 530. The molecule has 2 heterocycles. The minimum atomic E-state index is -0.961. The fourth-order valence-electron chi connectivity index (χ4n) is 2.42. The number of carbonyl (C=O) groups is 2. The van der Waals surface area contributed by atoms with Crippen molar-refractivity contribution in [2.24, 2.45) is 0 Å². The molecule has 0 saturated carbocycles. The lowest BCUT2D eigenvalue weighted by Gasteiger charge is -2.32. The average molecular weight is 292 g/mol. The van der Waals surface area contributed by atoms with Crippen LogP contribution in [0.25, 0.3) is 0 Å². The van der Waals surface area contributed by atoms with Crippen LogP contribution in [-0.2, 0) is 4.79 Å². The lowest BCUT2D eigenvalue weighted by atomic mass is 10.0. The second kappa shape index (κ2) is 6.56. The monoisotopic (exact) mass is 292 g/mol. The van der Waals surface area contributed by atoms with Crippen LogP contribution in [0.3, 0.4) is 0 Å². The van der Waals surface area contributed by atoms with Crippen LogP contribution < -0.4 is 4.74 Å². The summed E-state index contributed by atoms with van der Waals surface area (Å²) in [6.07, 6.45) is 2.09. The first kappa shape index (κ1) is 15.3. The van der Waals surface area contributed by atoms with Crippen molar-refractivity contribution in [3.8, 4) is 5.88 Å². The molecule has 1 aromatic heterocycles. The van der Waals surface area contributed by atoms with Crippen molar-refractivity contribution in [2.75, 3.05) is 6.54 Å². The minimum Gasteiger partial charge on any atom is -0.480 e. The lowest BCUT2D eigenvalue weighted by molar-refractivity contribution is -0.143. The van der Waals surface area contributed by atoms with Gasteiger partial charge in [0.1, 0.15) is 11.7 Å². The van der Waals surface area contributed by atoms with E-state index in [-0.39, 0.29) is 17.7 Å². The number of amides is 1. The van der Waals surface area contributed by atoms with Crippen LogP contribution in [0.5, 0.6) is 5.88 Å². The number of carbonyl (C=O) groups excluding carboxylic acids is 1. The Balaban J connectivity index is 2.20. The molecule has 1 aromatic rings. The number of carboxylic acids is 1. The highest BCUT2D eigenvalue weighted by Crippen LogP contribution is 2.20. The zero-order valence-corrected chi connectivity index (χ0v) is 12.3. The van der Waals surface area contributed by atoms with E-state index in [0.29, 0.717) is 18.8 Å². The van der Waals surface area contributed by atoms with Gasteiger partial charge in [-0.1, -0.05) is 6.07 Å². The van der Waals surface area contributed by atoms with Gasteiger partial charge in [0.05, 0.1) is 6.10 Å². The van der Waals surface area contributed by atoms with Crippen molar-refractivity contribution in [2.45, 2.75) is 45.3 Å². The summed E-state index contributed by atoms with van der Waals surface area (Å²) in [4.78, 5) is 29.3. The largest absolute Gasteiger partial charge is 0.480 e. The van der Waals surface area contributed by atoms with Crippen LogP contribution in [0.1, 0.15) is 43.6 Å². The van der Waals surface area contributed by atoms with Crippen LogP contribution in [0.4, 0.5) is 0 Å². The Morgan fingerprint density at radius 2 is 2.14 bits per heavy atom. The molecular formula is C15H20N2O4. The van der Waals surface area contributed by atoms with E-state index in [9.17, 15) is 14.7 Å². The Labute approximate surface area is 123 Å². The Kier molecular flexibility index (Phi) is 4.77. The zero-order chi connectivity index (χ0) is 15.4. The highest BCUT2D eigenvalue weighted by molar-refractivity contribution is 5.95. The van der Waals surface area contributed by atoms with Crippen molar-refractivity contribution in [3.63, 3.8) is 0 Å². The molecule has 0 radical (unpaired) electrons. The molecule has 1 aliphatic heterocycles. The first-order valence-electron chi connectivity index (χ1n) is 7.16. The number of hydrogen-bond donors (Lipinski definition) is 1. The summed E-state index contributed by atoms with van der Waals surface area (Å²) in [6, 6.07) is 4.20. The fraction of sp³-hybridized carbons (Fsp3) is 0.533. The summed E-state index contributed by atoms with van der Waals surface area (Å²) < 4.78 is 5.47. The summed E-state index contributed by atoms with van der Waals surface area (Å²) in [6.45, 7) is 4.20. The van der Waals surface area contributed by atoms with Crippen LogP contribution in [0, 0.1) is 0 Å². The second-order valence-electron chi connectivity index (χ2n) is 5.38. The van der Waals surface area contributed by atoms with Gasteiger partial charge in [-0.3, -0.25) is 4.79 Å². The van der Waals surface area contributed by atoms with E-state index in [1.165, 1.54) is 4.90 Å². The normalized spacial score (nSPS) is 18.6. The molecule has 114 valence electrons. The topological polar surface area (TPSA) is 79.7 Å². The van der Waals surface area contributed by atoms with Crippen molar-refractivity contribution < 1.29 is 19.4 Å². The number of rotatable bonds is 4. The number of likely N-dealkylation sites (tertiary alicyclic amines) is 1. The third-order valence-electron chi connectivity index (χ3n) is 3.35. The van der Waals surface area contributed by atoms with Crippen LogP contribution in [0.2, 0.25) is 0 Å². The molecule has 0 bridgehead atoms. The quantitative estimate of drug-likeness (QED) is 0.917. The molecule has 1 N–H and O–H groups in total. The number of aliphatic carboxylic acids is 1. The molecule has 6 heteroatoms. The summed E-state index contributed by atoms with van der Waals surface area (Å²) in [5.74, 6) is -0.936. The van der Waals surface area contributed by atoms with Gasteiger partial charge in [-0.2, -0.15) is 0 Å². The molecule has 6 nitrogen and oxygen atoms in total. The van der Waals surface area contributed by atoms with E-state index in [4.69, 9.17) is 4.74 Å². The van der Waals surface area contributed by atoms with E-state index >= 15 is 0 Å². The van der Waals surface area contributed by atoms with Gasteiger partial charge in [0.25, 0.3) is 5.91 Å². The molecule has 1 fully saturated rings. The zero-order valence-electron chi connectivity index (χ0n) is 12.3. The maximum atomic E-state index is 12.5. The highest BCUT2D eigenvalue weighted by atomic mass is 16.5. The standard InChI is InChI=1S/C15H20N2O4/c1-10(2)21-13-8-5-6-11(16-13)14(18)17-9-4-3-7-12(17)15(19)20/h5-6,8,10,12H,3-4,7,9H2,1-2H3,(H,19,20)/t12-/m1/s1. The van der Waals surface area contributed by atoms with Gasteiger partial charge < -0.3 is 14.7 Å². The smallest absolute Gasteiger partial charge is 0.326 e. The van der Waals surface area contributed by atoms with Crippen molar-refractivity contribution in [1.82, 2.24) is 9.88 Å². The molecule has 0 aromatic carbocycles. The highest BCUT2D eigenvalue weighted by Gasteiger charge is 2.33. The Morgan fingerprint density at radius 1 is 1.38 bits per heavy atom. The molecule has 1 saturated heterocycles. The third kappa shape index (κ3) is 3.71. The molecule has 0 unspecified atom stereocenters. The van der Waals surface area contributed by atoms with Crippen molar-refractivity contribution in [1.29, 1.82) is 0 Å². The molecule has 21 heavy (non-hydrogen) atoms. The summed E-state index contributed by atoms with van der Waals surface area (Å²) >= 11 is 0. The maximum Gasteiger partial charge on any atom is 0.326 e. The molecular weight excluding hydrogens is 272 g/mol. The second-order valence-corrected chi connectivity index (χ2v) is 5.38. The summed E-state index contributed by atoms with van der Waals surface area (Å²) in [7, 11) is 0. The van der Waals surface area contributed by atoms with Gasteiger partial charge >= 0.3 is 5.97 Å². The fourth-order valence-corrected chi connectivity index (χ4v) is 2.42. The summed E-state index contributed by atoms with van der Waals surface area (Å²) in [5.41, 5.74) is 0.223. The van der Waals surface area contributed by atoms with Gasteiger partial charge in [-0.05, 0) is 39.2 Å². The number of aromatic nitrogens is 1. The van der Waals surface area contributed by atoms with Crippen LogP contribution in [-0.4, -0.2) is 45.6 Å². The lowest BCUT2D eigenvalue weighted by Crippen LogP contribution is -2.48. The molecule has 1 amide bonds. The van der Waals surface area contributed by atoms with Gasteiger partial charge in [0.15, 0.2) is 0 Å². The maximum absolute atomic E-state index is 12.5. The number of hydrogen-bond acceptors (Lipinski definition) is 4. The Morgan fingerprint density at radius 3 is 2.81 bits per heavy atom. The van der Waals surface area contributed by atoms with Gasteiger partial charge in [0, 0.05) is 12.6 Å². The first-order chi connectivity index (χ1) is 9.99. The van der Waals surface area contributed by atoms with E-state index < -0.39 is 12.0 Å². The predicted molar refractivity (Wildman–Crippen MR) is 76.3 cm³/mol. The molecule has 2 rings (SSSR count). The minimum absolute atomic E-state index is 0.0374.